The Labute approximate surface area is 174 Å². The van der Waals surface area contributed by atoms with Crippen molar-refractivity contribution in [2.45, 2.75) is 13.5 Å². The molecule has 29 heavy (non-hydrogen) atoms. The fourth-order valence-electron chi connectivity index (χ4n) is 2.91. The van der Waals surface area contributed by atoms with Crippen molar-refractivity contribution in [3.63, 3.8) is 0 Å². The first kappa shape index (κ1) is 19.1. The molecule has 1 amide bonds. The Morgan fingerprint density at radius 2 is 2.34 bits per heavy atom. The fraction of sp³-hybridized carbons (Fsp3) is 0.158. The predicted molar refractivity (Wildman–Crippen MR) is 114 cm³/mol. The van der Waals surface area contributed by atoms with Crippen LogP contribution in [0.5, 0.6) is 5.75 Å². The topological polar surface area (TPSA) is 98.0 Å². The second-order valence-corrected chi connectivity index (χ2v) is 7.51. The molecule has 0 fully saturated rings. The van der Waals surface area contributed by atoms with Gasteiger partial charge in [-0.15, -0.1) is 6.58 Å². The van der Waals surface area contributed by atoms with E-state index in [0.717, 1.165) is 16.0 Å². The van der Waals surface area contributed by atoms with Crippen molar-refractivity contribution in [2.24, 2.45) is 0 Å². The number of hydrogen-bond donors (Lipinski definition) is 2. The van der Waals surface area contributed by atoms with E-state index in [0.29, 0.717) is 33.6 Å². The van der Waals surface area contributed by atoms with Gasteiger partial charge in [0, 0.05) is 11.9 Å². The summed E-state index contributed by atoms with van der Waals surface area (Å²) < 4.78 is 13.3. The third-order valence-electron chi connectivity index (χ3n) is 4.24. The van der Waals surface area contributed by atoms with Crippen LogP contribution in [0.1, 0.15) is 16.2 Å². The van der Waals surface area contributed by atoms with E-state index in [4.69, 9.17) is 21.4 Å². The molecule has 0 atom stereocenters. The smallest absolute Gasteiger partial charge is 0.293 e. The van der Waals surface area contributed by atoms with Crippen LogP contribution in [0.4, 0.5) is 5.13 Å². The highest BCUT2D eigenvalue weighted by Crippen LogP contribution is 2.33. The van der Waals surface area contributed by atoms with Crippen LogP contribution >= 0.6 is 23.6 Å². The molecule has 4 rings (SSSR count). The van der Waals surface area contributed by atoms with Crippen molar-refractivity contribution in [1.82, 2.24) is 19.7 Å². The molecule has 0 spiro atoms. The van der Waals surface area contributed by atoms with Crippen LogP contribution in [0.2, 0.25) is 0 Å². The quantitative estimate of drug-likeness (QED) is 0.346. The molecule has 0 bridgehead atoms. The Morgan fingerprint density at radius 1 is 1.52 bits per heavy atom. The van der Waals surface area contributed by atoms with Crippen LogP contribution in [0.15, 0.2) is 41.3 Å². The van der Waals surface area contributed by atoms with Gasteiger partial charge < -0.3 is 9.15 Å². The molecule has 0 saturated carbocycles. The van der Waals surface area contributed by atoms with Crippen molar-refractivity contribution >= 4 is 45.6 Å². The summed E-state index contributed by atoms with van der Waals surface area (Å²) in [6.07, 6.45) is 1.74. The maximum absolute atomic E-state index is 12.7. The molecule has 2 N–H and O–H groups in total. The van der Waals surface area contributed by atoms with E-state index < -0.39 is 5.91 Å². The van der Waals surface area contributed by atoms with Gasteiger partial charge in [0.1, 0.15) is 0 Å². The Balaban J connectivity index is 1.63. The lowest BCUT2D eigenvalue weighted by Crippen LogP contribution is -2.10. The zero-order valence-corrected chi connectivity index (χ0v) is 17.3. The van der Waals surface area contributed by atoms with Gasteiger partial charge in [-0.2, -0.15) is 5.10 Å². The summed E-state index contributed by atoms with van der Waals surface area (Å²) in [6, 6.07) is 7.14. The molecule has 148 valence electrons. The third kappa shape index (κ3) is 3.47. The highest BCUT2D eigenvalue weighted by molar-refractivity contribution is 7.71. The zero-order valence-electron chi connectivity index (χ0n) is 15.7. The number of amides is 1. The number of anilines is 1. The summed E-state index contributed by atoms with van der Waals surface area (Å²) in [5, 5.41) is 11.1. The maximum atomic E-state index is 12.7. The number of allylic oxidation sites excluding steroid dienone is 1. The van der Waals surface area contributed by atoms with Gasteiger partial charge >= 0.3 is 0 Å². The SMILES string of the molecule is C=CCn1c(-c2sc(NC(=O)c3cc4cccc(OC)c4o3)nc2C)n[nH]c1=S. The molecule has 0 aliphatic carbocycles. The number of nitrogens with zero attached hydrogens (tertiary/aromatic N) is 3. The van der Waals surface area contributed by atoms with Gasteiger partial charge in [0.2, 0.25) is 0 Å². The first-order valence-electron chi connectivity index (χ1n) is 8.63. The van der Waals surface area contributed by atoms with Crippen LogP contribution in [0.3, 0.4) is 0 Å². The summed E-state index contributed by atoms with van der Waals surface area (Å²) >= 11 is 6.57. The number of hydrogen-bond acceptors (Lipinski definition) is 7. The Morgan fingerprint density at radius 3 is 3.10 bits per heavy atom. The first-order chi connectivity index (χ1) is 14.0. The molecule has 8 nitrogen and oxygen atoms in total. The van der Waals surface area contributed by atoms with Crippen molar-refractivity contribution in [3.05, 3.63) is 53.1 Å². The molecule has 3 aromatic heterocycles. The number of para-hydroxylation sites is 1. The Kier molecular flexibility index (Phi) is 5.03. The summed E-state index contributed by atoms with van der Waals surface area (Å²) in [5.41, 5.74) is 1.26. The standard InChI is InChI=1S/C19H17N5O3S2/c1-4-8-24-16(22-23-19(24)28)15-10(2)20-18(29-15)21-17(25)13-9-11-6-5-7-12(26-3)14(11)27-13/h4-7,9H,1,8H2,2-3H3,(H,23,28)(H,20,21,25). The van der Waals surface area contributed by atoms with E-state index in [-0.39, 0.29) is 5.76 Å². The number of ether oxygens (including phenoxy) is 1. The van der Waals surface area contributed by atoms with E-state index in [1.165, 1.54) is 11.3 Å². The van der Waals surface area contributed by atoms with E-state index in [1.54, 1.807) is 25.3 Å². The second kappa shape index (κ2) is 7.64. The largest absolute Gasteiger partial charge is 0.493 e. The Hall–Kier alpha value is -3.24. The number of aromatic amines is 1. The van der Waals surface area contributed by atoms with Crippen molar-refractivity contribution in [3.8, 4) is 16.5 Å². The lowest BCUT2D eigenvalue weighted by Gasteiger charge is -2.01. The van der Waals surface area contributed by atoms with Gasteiger partial charge in [-0.05, 0) is 31.3 Å². The van der Waals surface area contributed by atoms with Gasteiger partial charge in [-0.3, -0.25) is 19.8 Å². The van der Waals surface area contributed by atoms with E-state index in [1.807, 2.05) is 23.6 Å². The normalized spacial score (nSPS) is 11.0. The number of thiazole rings is 1. The van der Waals surface area contributed by atoms with Crippen LogP contribution in [0.25, 0.3) is 21.7 Å². The van der Waals surface area contributed by atoms with E-state index >= 15 is 0 Å². The van der Waals surface area contributed by atoms with Gasteiger partial charge in [0.05, 0.1) is 17.7 Å². The molecule has 0 radical (unpaired) electrons. The molecule has 3 heterocycles. The number of furan rings is 1. The monoisotopic (exact) mass is 427 g/mol. The number of methoxy groups -OCH3 is 1. The molecule has 4 aromatic rings. The highest BCUT2D eigenvalue weighted by Gasteiger charge is 2.20. The average Bonchev–Trinajstić information content (AvgIpc) is 3.39. The number of rotatable bonds is 6. The third-order valence-corrected chi connectivity index (χ3v) is 5.62. The van der Waals surface area contributed by atoms with E-state index in [9.17, 15) is 4.79 Å². The van der Waals surface area contributed by atoms with Gasteiger partial charge in [0.25, 0.3) is 5.91 Å². The number of carbonyl (C=O) groups is 1. The summed E-state index contributed by atoms with van der Waals surface area (Å²) in [4.78, 5) is 17.9. The van der Waals surface area contributed by atoms with Crippen LogP contribution in [-0.4, -0.2) is 32.8 Å². The second-order valence-electron chi connectivity index (χ2n) is 6.13. The number of fused-ring (bicyclic) bond motifs is 1. The highest BCUT2D eigenvalue weighted by atomic mass is 32.1. The van der Waals surface area contributed by atoms with Crippen molar-refractivity contribution in [1.29, 1.82) is 0 Å². The van der Waals surface area contributed by atoms with Crippen molar-refractivity contribution in [2.75, 3.05) is 12.4 Å². The number of H-pyrrole nitrogens is 1. The minimum Gasteiger partial charge on any atom is -0.493 e. The molecular weight excluding hydrogens is 410 g/mol. The van der Waals surface area contributed by atoms with Gasteiger partial charge in [0.15, 0.2) is 32.8 Å². The van der Waals surface area contributed by atoms with Gasteiger partial charge in [-0.25, -0.2) is 4.98 Å². The molecule has 10 heteroatoms. The number of benzene rings is 1. The van der Waals surface area contributed by atoms with Crippen LogP contribution < -0.4 is 10.1 Å². The predicted octanol–water partition coefficient (Wildman–Crippen LogP) is 4.57. The molecule has 0 aliphatic rings. The van der Waals surface area contributed by atoms with Crippen LogP contribution in [-0.2, 0) is 6.54 Å². The summed E-state index contributed by atoms with van der Waals surface area (Å²) in [7, 11) is 1.55. The maximum Gasteiger partial charge on any atom is 0.293 e. The number of aromatic nitrogens is 4. The molecule has 0 saturated heterocycles. The lowest BCUT2D eigenvalue weighted by atomic mass is 10.2. The molecule has 0 unspecified atom stereocenters. The molecular formula is C19H17N5O3S2. The number of carbonyl (C=O) groups excluding carboxylic acids is 1. The van der Waals surface area contributed by atoms with Gasteiger partial charge in [-0.1, -0.05) is 29.5 Å². The summed E-state index contributed by atoms with van der Waals surface area (Å²) in [5.74, 6) is 1.000. The molecule has 0 aliphatic heterocycles. The first-order valence-corrected chi connectivity index (χ1v) is 9.86. The number of aryl methyl sites for hydroxylation is 1. The fourth-order valence-corrected chi connectivity index (χ4v) is 4.08. The molecule has 1 aromatic carbocycles. The zero-order chi connectivity index (χ0) is 20.5. The van der Waals surface area contributed by atoms with Crippen molar-refractivity contribution < 1.29 is 13.9 Å². The lowest BCUT2D eigenvalue weighted by molar-refractivity contribution is 0.0998. The van der Waals surface area contributed by atoms with Crippen LogP contribution in [0, 0.1) is 11.7 Å². The average molecular weight is 428 g/mol. The Bertz CT molecular complexity index is 1280. The number of nitrogens with one attached hydrogen (secondary N) is 2. The summed E-state index contributed by atoms with van der Waals surface area (Å²) in [6.45, 7) is 6.11. The minimum absolute atomic E-state index is 0.174. The minimum atomic E-state index is -0.395. The van der Waals surface area contributed by atoms with E-state index in [2.05, 4.69) is 27.1 Å².